The van der Waals surface area contributed by atoms with Crippen molar-refractivity contribution >= 4 is 38.4 Å². The van der Waals surface area contributed by atoms with E-state index < -0.39 is 0 Å². The lowest BCUT2D eigenvalue weighted by Crippen LogP contribution is -2.46. The van der Waals surface area contributed by atoms with Gasteiger partial charge in [0.15, 0.2) is 0 Å². The van der Waals surface area contributed by atoms with Crippen molar-refractivity contribution in [1.82, 2.24) is 10.3 Å². The Kier molecular flexibility index (Phi) is 5.44. The minimum atomic E-state index is 0.253. The van der Waals surface area contributed by atoms with E-state index in [1.54, 1.807) is 0 Å². The van der Waals surface area contributed by atoms with Gasteiger partial charge in [0.25, 0.3) is 0 Å². The summed E-state index contributed by atoms with van der Waals surface area (Å²) in [5.41, 5.74) is 2.26. The van der Waals surface area contributed by atoms with Gasteiger partial charge in [-0.25, -0.2) is 0 Å². The van der Waals surface area contributed by atoms with Crippen LogP contribution in [0.4, 0.5) is 5.69 Å². The highest BCUT2D eigenvalue weighted by molar-refractivity contribution is 9.10. The topological polar surface area (TPSA) is 45.2 Å². The Hall–Kier alpha value is -1.62. The van der Waals surface area contributed by atoms with Crippen LogP contribution in [-0.2, 0) is 4.79 Å². The molecule has 5 heteroatoms. The van der Waals surface area contributed by atoms with E-state index in [0.717, 1.165) is 48.8 Å². The number of carbonyl (C=O) groups is 1. The van der Waals surface area contributed by atoms with Gasteiger partial charge in [-0.05, 0) is 53.7 Å². The summed E-state index contributed by atoms with van der Waals surface area (Å²) in [6, 6.07) is 8.66. The third-order valence-electron chi connectivity index (χ3n) is 5.86. The highest BCUT2D eigenvalue weighted by atomic mass is 79.9. The molecule has 1 saturated carbocycles. The van der Waals surface area contributed by atoms with Crippen molar-refractivity contribution in [3.8, 4) is 0 Å². The fourth-order valence-corrected chi connectivity index (χ4v) is 4.82. The molecule has 2 aliphatic rings. The van der Waals surface area contributed by atoms with Crippen LogP contribution in [0.5, 0.6) is 0 Å². The molecule has 1 aliphatic heterocycles. The molecule has 0 unspecified atom stereocenters. The first-order chi connectivity index (χ1) is 12.7. The number of hydrogen-bond acceptors (Lipinski definition) is 3. The van der Waals surface area contributed by atoms with Crippen LogP contribution in [0.15, 0.2) is 34.9 Å². The average Bonchev–Trinajstić information content (AvgIpc) is 2.69. The van der Waals surface area contributed by atoms with Gasteiger partial charge in [0.05, 0.1) is 5.52 Å². The van der Waals surface area contributed by atoms with Gasteiger partial charge in [-0.3, -0.25) is 9.78 Å². The van der Waals surface area contributed by atoms with Gasteiger partial charge in [-0.1, -0.05) is 31.4 Å². The quantitative estimate of drug-likeness (QED) is 0.792. The van der Waals surface area contributed by atoms with Gasteiger partial charge in [0.1, 0.15) is 0 Å². The zero-order valence-electron chi connectivity index (χ0n) is 15.1. The second-order valence-electron chi connectivity index (χ2n) is 7.57. The van der Waals surface area contributed by atoms with Gasteiger partial charge in [-0.2, -0.15) is 0 Å². The number of para-hydroxylation sites is 1. The summed E-state index contributed by atoms with van der Waals surface area (Å²) >= 11 is 3.60. The maximum absolute atomic E-state index is 12.5. The third-order valence-corrected chi connectivity index (χ3v) is 6.50. The number of halogens is 1. The first kappa shape index (κ1) is 17.8. The van der Waals surface area contributed by atoms with Crippen molar-refractivity contribution < 1.29 is 4.79 Å². The summed E-state index contributed by atoms with van der Waals surface area (Å²) in [7, 11) is 0. The highest BCUT2D eigenvalue weighted by Crippen LogP contribution is 2.31. The van der Waals surface area contributed by atoms with Gasteiger partial charge < -0.3 is 10.2 Å². The first-order valence-electron chi connectivity index (χ1n) is 9.81. The van der Waals surface area contributed by atoms with E-state index in [-0.39, 0.29) is 5.92 Å². The minimum absolute atomic E-state index is 0.253. The van der Waals surface area contributed by atoms with Crippen LogP contribution in [0, 0.1) is 5.92 Å². The molecule has 1 amide bonds. The molecule has 26 heavy (non-hydrogen) atoms. The highest BCUT2D eigenvalue weighted by Gasteiger charge is 2.26. The van der Waals surface area contributed by atoms with Crippen molar-refractivity contribution in [3.63, 3.8) is 0 Å². The van der Waals surface area contributed by atoms with Crippen LogP contribution in [0.25, 0.3) is 10.9 Å². The van der Waals surface area contributed by atoms with Crippen LogP contribution < -0.4 is 10.2 Å². The maximum atomic E-state index is 12.5. The van der Waals surface area contributed by atoms with E-state index in [9.17, 15) is 4.79 Å². The Balaban J connectivity index is 1.39. The van der Waals surface area contributed by atoms with Gasteiger partial charge in [0, 0.05) is 46.8 Å². The number of hydrogen-bond donors (Lipinski definition) is 1. The second kappa shape index (κ2) is 7.95. The average molecular weight is 416 g/mol. The third kappa shape index (κ3) is 3.73. The molecule has 1 aromatic heterocycles. The molecule has 1 aromatic carbocycles. The van der Waals surface area contributed by atoms with Crippen LogP contribution in [0.3, 0.4) is 0 Å². The molecule has 1 N–H and O–H groups in total. The molecule has 1 aliphatic carbocycles. The number of anilines is 1. The van der Waals surface area contributed by atoms with E-state index >= 15 is 0 Å². The molecule has 4 rings (SSSR count). The molecule has 0 radical (unpaired) electrons. The Labute approximate surface area is 163 Å². The molecule has 2 heterocycles. The maximum Gasteiger partial charge on any atom is 0.223 e. The summed E-state index contributed by atoms with van der Waals surface area (Å²) in [5.74, 6) is 0.546. The number of nitrogens with zero attached hydrogens (tertiary/aromatic N) is 2. The summed E-state index contributed by atoms with van der Waals surface area (Å²) in [6.07, 6.45) is 9.76. The van der Waals surface area contributed by atoms with Crippen molar-refractivity contribution in [2.75, 3.05) is 18.0 Å². The van der Waals surface area contributed by atoms with Crippen LogP contribution in [0.2, 0.25) is 0 Å². The van der Waals surface area contributed by atoms with E-state index in [1.165, 1.54) is 30.3 Å². The van der Waals surface area contributed by atoms with Crippen LogP contribution in [0.1, 0.15) is 44.9 Å². The number of benzene rings is 1. The Morgan fingerprint density at radius 1 is 1.08 bits per heavy atom. The van der Waals surface area contributed by atoms with Crippen molar-refractivity contribution in [2.24, 2.45) is 5.92 Å². The molecule has 138 valence electrons. The largest absolute Gasteiger partial charge is 0.371 e. The number of amides is 1. The number of piperidine rings is 1. The SMILES string of the molecule is O=C(NC1CCN(c2ccnc3c(Br)cccc23)CC1)C1CCCCC1. The normalized spacial score (nSPS) is 19.7. The molecule has 0 spiro atoms. The Bertz CT molecular complexity index is 780. The number of nitrogens with one attached hydrogen (secondary N) is 1. The zero-order chi connectivity index (χ0) is 17.9. The number of fused-ring (bicyclic) bond motifs is 1. The van der Waals surface area contributed by atoms with E-state index in [1.807, 2.05) is 12.3 Å². The van der Waals surface area contributed by atoms with Gasteiger partial charge >= 0.3 is 0 Å². The fourth-order valence-electron chi connectivity index (χ4n) is 4.35. The van der Waals surface area contributed by atoms with E-state index in [4.69, 9.17) is 0 Å². The Morgan fingerprint density at radius 3 is 2.62 bits per heavy atom. The summed E-state index contributed by atoms with van der Waals surface area (Å²) in [6.45, 7) is 1.95. The zero-order valence-corrected chi connectivity index (χ0v) is 16.7. The minimum Gasteiger partial charge on any atom is -0.371 e. The number of aromatic nitrogens is 1. The van der Waals surface area contributed by atoms with Crippen molar-refractivity contribution in [2.45, 2.75) is 51.0 Å². The molecule has 1 saturated heterocycles. The molecular weight excluding hydrogens is 390 g/mol. The van der Waals surface area contributed by atoms with E-state index in [2.05, 4.69) is 49.3 Å². The van der Waals surface area contributed by atoms with Crippen molar-refractivity contribution in [3.05, 3.63) is 34.9 Å². The lowest BCUT2D eigenvalue weighted by atomic mass is 9.88. The number of pyridine rings is 1. The summed E-state index contributed by atoms with van der Waals surface area (Å²) < 4.78 is 1.03. The smallest absolute Gasteiger partial charge is 0.223 e. The number of rotatable bonds is 3. The molecular formula is C21H26BrN3O. The second-order valence-corrected chi connectivity index (χ2v) is 8.43. The van der Waals surface area contributed by atoms with Crippen LogP contribution in [-0.4, -0.2) is 30.0 Å². The molecule has 0 atom stereocenters. The standard InChI is InChI=1S/C21H26BrN3O/c22-18-8-4-7-17-19(9-12-23-20(17)18)25-13-10-16(11-14-25)24-21(26)15-5-2-1-3-6-15/h4,7-9,12,15-16H,1-3,5-6,10-11,13-14H2,(H,24,26). The predicted octanol–water partition coefficient (Wildman–Crippen LogP) is 4.66. The molecule has 0 bridgehead atoms. The lowest BCUT2D eigenvalue weighted by Gasteiger charge is -2.35. The fraction of sp³-hybridized carbons (Fsp3) is 0.524. The first-order valence-corrected chi connectivity index (χ1v) is 10.6. The molecule has 2 aromatic rings. The van der Waals surface area contributed by atoms with E-state index in [0.29, 0.717) is 11.9 Å². The van der Waals surface area contributed by atoms with Gasteiger partial charge in [0.2, 0.25) is 5.91 Å². The number of carbonyl (C=O) groups excluding carboxylic acids is 1. The predicted molar refractivity (Wildman–Crippen MR) is 109 cm³/mol. The monoisotopic (exact) mass is 415 g/mol. The Morgan fingerprint density at radius 2 is 1.85 bits per heavy atom. The lowest BCUT2D eigenvalue weighted by molar-refractivity contribution is -0.126. The van der Waals surface area contributed by atoms with Crippen molar-refractivity contribution in [1.29, 1.82) is 0 Å². The summed E-state index contributed by atoms with van der Waals surface area (Å²) in [4.78, 5) is 19.4. The molecule has 2 fully saturated rings. The van der Waals surface area contributed by atoms with Crippen LogP contribution >= 0.6 is 15.9 Å². The van der Waals surface area contributed by atoms with Gasteiger partial charge in [-0.15, -0.1) is 0 Å². The molecule has 4 nitrogen and oxygen atoms in total. The summed E-state index contributed by atoms with van der Waals surface area (Å²) in [5, 5.41) is 4.51.